The largest absolute Gasteiger partial charge is 0.560 e. The van der Waals surface area contributed by atoms with Gasteiger partial charge in [0, 0.05) is 11.5 Å². The molecule has 11 heteroatoms. The fourth-order valence-electron chi connectivity index (χ4n) is 2.46. The van der Waals surface area contributed by atoms with Crippen LogP contribution in [0.1, 0.15) is 0 Å². The second kappa shape index (κ2) is 6.73. The zero-order valence-corrected chi connectivity index (χ0v) is 12.8. The van der Waals surface area contributed by atoms with Crippen molar-refractivity contribution >= 4 is 23.4 Å². The number of halogens is 8. The molecule has 1 N–H and O–H groups in total. The van der Waals surface area contributed by atoms with Crippen molar-refractivity contribution in [2.75, 3.05) is 0 Å². The molecule has 3 aromatic rings. The van der Waals surface area contributed by atoms with E-state index in [9.17, 15) is 40.1 Å². The molecule has 2 nitrogen and oxygen atoms in total. The van der Waals surface area contributed by atoms with Crippen LogP contribution in [0.4, 0.5) is 35.1 Å². The van der Waals surface area contributed by atoms with Gasteiger partial charge >= 0.3 is 7.12 Å². The maximum absolute atomic E-state index is 13.8. The second-order valence-electron chi connectivity index (χ2n) is 5.32. The van der Waals surface area contributed by atoms with E-state index in [-0.39, 0.29) is 0 Å². The Labute approximate surface area is 145 Å². The summed E-state index contributed by atoms with van der Waals surface area (Å²) in [5.74, 6) is -17.3. The van der Waals surface area contributed by atoms with E-state index in [0.717, 1.165) is 6.07 Å². The number of fused-ring (bicyclic) bond motifs is 1. The van der Waals surface area contributed by atoms with Gasteiger partial charge in [0.1, 0.15) is 17.5 Å². The first-order valence-corrected chi connectivity index (χ1v) is 7.06. The van der Waals surface area contributed by atoms with Gasteiger partial charge in [-0.05, 0) is 17.5 Å². The van der Waals surface area contributed by atoms with Crippen molar-refractivity contribution in [1.29, 1.82) is 0 Å². The molecule has 0 saturated heterocycles. The van der Waals surface area contributed by atoms with Gasteiger partial charge in [-0.25, -0.2) is 26.3 Å². The van der Waals surface area contributed by atoms with Crippen molar-refractivity contribution in [3.63, 3.8) is 0 Å². The van der Waals surface area contributed by atoms with Crippen molar-refractivity contribution in [3.05, 3.63) is 70.8 Å². The third-order valence-electron chi connectivity index (χ3n) is 3.68. The molecule has 0 heterocycles. The van der Waals surface area contributed by atoms with Crippen LogP contribution in [0.3, 0.4) is 0 Å². The van der Waals surface area contributed by atoms with Crippen LogP contribution in [0, 0.1) is 46.5 Å². The standard InChI is InChI=1S/C16H5BF8O2/c18-5-3-6-7(1-2-8(19)10(6)9(20)4-5)17(26)27-16-14(24)12(22)11(21)13(23)15(16)25/h1-4,26H. The summed E-state index contributed by atoms with van der Waals surface area (Å²) in [4.78, 5) is 0. The van der Waals surface area contributed by atoms with Crippen molar-refractivity contribution in [3.8, 4) is 5.75 Å². The number of hydrogen-bond acceptors (Lipinski definition) is 2. The Kier molecular flexibility index (Phi) is 4.72. The fourth-order valence-corrected chi connectivity index (χ4v) is 2.46. The van der Waals surface area contributed by atoms with Crippen LogP contribution in [0.15, 0.2) is 24.3 Å². The predicted molar refractivity (Wildman–Crippen MR) is 78.3 cm³/mol. The highest BCUT2D eigenvalue weighted by molar-refractivity contribution is 6.63. The minimum atomic E-state index is -2.44. The topological polar surface area (TPSA) is 29.5 Å². The van der Waals surface area contributed by atoms with E-state index in [4.69, 9.17) is 0 Å². The van der Waals surface area contributed by atoms with E-state index in [1.54, 1.807) is 0 Å². The summed E-state index contributed by atoms with van der Waals surface area (Å²) in [6.45, 7) is 0. The molecule has 0 amide bonds. The van der Waals surface area contributed by atoms with Gasteiger partial charge in [-0.15, -0.1) is 0 Å². The normalized spacial score (nSPS) is 11.1. The van der Waals surface area contributed by atoms with Crippen LogP contribution in [0.2, 0.25) is 0 Å². The lowest BCUT2D eigenvalue weighted by molar-refractivity contribution is 0.333. The summed E-state index contributed by atoms with van der Waals surface area (Å²) in [6, 6.07) is 2.37. The summed E-state index contributed by atoms with van der Waals surface area (Å²) in [5, 5.41) is 8.65. The molecule has 0 aliphatic carbocycles. The molecule has 0 radical (unpaired) electrons. The van der Waals surface area contributed by atoms with Crippen LogP contribution in [0.5, 0.6) is 5.75 Å². The molecule has 27 heavy (non-hydrogen) atoms. The van der Waals surface area contributed by atoms with Crippen LogP contribution in [-0.2, 0) is 0 Å². The van der Waals surface area contributed by atoms with Gasteiger partial charge in [0.2, 0.25) is 29.1 Å². The highest BCUT2D eigenvalue weighted by atomic mass is 19.2. The number of rotatable bonds is 3. The summed E-state index contributed by atoms with van der Waals surface area (Å²) in [7, 11) is -2.44. The third-order valence-corrected chi connectivity index (χ3v) is 3.68. The minimum Gasteiger partial charge on any atom is -0.528 e. The maximum atomic E-state index is 13.8. The molecule has 3 rings (SSSR count). The Morgan fingerprint density at radius 1 is 0.704 bits per heavy atom. The lowest BCUT2D eigenvalue weighted by atomic mass is 9.76. The maximum Gasteiger partial charge on any atom is 0.560 e. The predicted octanol–water partition coefficient (Wildman–Crippen LogP) is 3.72. The van der Waals surface area contributed by atoms with Gasteiger partial charge in [0.05, 0.1) is 5.39 Å². The molecule has 0 aliphatic rings. The first-order chi connectivity index (χ1) is 12.6. The van der Waals surface area contributed by atoms with Crippen molar-refractivity contribution in [1.82, 2.24) is 0 Å². The molecule has 0 fully saturated rings. The third kappa shape index (κ3) is 3.07. The van der Waals surface area contributed by atoms with Gasteiger partial charge in [0.25, 0.3) is 0 Å². The van der Waals surface area contributed by atoms with Gasteiger partial charge in [-0.1, -0.05) is 6.07 Å². The zero-order chi connectivity index (χ0) is 20.0. The molecule has 0 aliphatic heterocycles. The molecule has 0 atom stereocenters. The lowest BCUT2D eigenvalue weighted by Crippen LogP contribution is -2.38. The van der Waals surface area contributed by atoms with Crippen LogP contribution in [-0.4, -0.2) is 12.1 Å². The molecule has 140 valence electrons. The Hall–Kier alpha value is -2.82. The van der Waals surface area contributed by atoms with E-state index in [1.807, 2.05) is 0 Å². The van der Waals surface area contributed by atoms with Crippen LogP contribution >= 0.6 is 0 Å². The quantitative estimate of drug-likeness (QED) is 0.319. The van der Waals surface area contributed by atoms with Crippen molar-refractivity contribution < 1.29 is 44.8 Å². The van der Waals surface area contributed by atoms with E-state index >= 15 is 0 Å². The van der Waals surface area contributed by atoms with E-state index in [2.05, 4.69) is 4.65 Å². The lowest BCUT2D eigenvalue weighted by Gasteiger charge is -2.15. The second-order valence-corrected chi connectivity index (χ2v) is 5.32. The summed E-state index contributed by atoms with van der Waals surface area (Å²) >= 11 is 0. The monoisotopic (exact) mass is 392 g/mol. The SMILES string of the molecule is OB(Oc1c(F)c(F)c(F)c(F)c1F)c1ccc(F)c2c(F)cc(F)cc12. The first kappa shape index (κ1) is 19.0. The van der Waals surface area contributed by atoms with Crippen LogP contribution in [0.25, 0.3) is 10.8 Å². The summed E-state index contributed by atoms with van der Waals surface area (Å²) in [5.41, 5.74) is -0.575. The Bertz CT molecular complexity index is 1040. The van der Waals surface area contributed by atoms with E-state index in [0.29, 0.717) is 18.2 Å². The Balaban J connectivity index is 2.14. The molecule has 0 aromatic heterocycles. The molecular weight excluding hydrogens is 387 g/mol. The van der Waals surface area contributed by atoms with Gasteiger partial charge in [-0.2, -0.15) is 8.78 Å². The minimum absolute atomic E-state index is 0.354. The molecule has 0 spiro atoms. The summed E-state index contributed by atoms with van der Waals surface area (Å²) in [6.07, 6.45) is 0. The summed E-state index contributed by atoms with van der Waals surface area (Å²) < 4.78 is 112. The van der Waals surface area contributed by atoms with Crippen molar-refractivity contribution in [2.45, 2.75) is 0 Å². The van der Waals surface area contributed by atoms with Gasteiger partial charge in [0.15, 0.2) is 5.75 Å². The number of benzene rings is 3. The Morgan fingerprint density at radius 3 is 1.85 bits per heavy atom. The highest BCUT2D eigenvalue weighted by Gasteiger charge is 2.32. The molecule has 0 saturated carbocycles. The van der Waals surface area contributed by atoms with Crippen LogP contribution < -0.4 is 10.1 Å². The average molecular weight is 392 g/mol. The van der Waals surface area contributed by atoms with Crippen molar-refractivity contribution in [2.24, 2.45) is 0 Å². The van der Waals surface area contributed by atoms with Gasteiger partial charge < -0.3 is 9.68 Å². The molecule has 0 bridgehead atoms. The Morgan fingerprint density at radius 2 is 1.26 bits per heavy atom. The molecule has 0 unspecified atom stereocenters. The smallest absolute Gasteiger partial charge is 0.528 e. The zero-order valence-electron chi connectivity index (χ0n) is 12.8. The van der Waals surface area contributed by atoms with Gasteiger partial charge in [-0.3, -0.25) is 0 Å². The first-order valence-electron chi connectivity index (χ1n) is 7.06. The highest BCUT2D eigenvalue weighted by Crippen LogP contribution is 2.30. The average Bonchev–Trinajstić information content (AvgIpc) is 2.61. The molecular formula is C16H5BF8O2. The number of hydrogen-bond donors (Lipinski definition) is 1. The fraction of sp³-hybridized carbons (Fsp3) is 0. The van der Waals surface area contributed by atoms with E-state index < -0.39 is 75.6 Å². The molecule has 3 aromatic carbocycles. The van der Waals surface area contributed by atoms with E-state index in [1.165, 1.54) is 0 Å².